The summed E-state index contributed by atoms with van der Waals surface area (Å²) in [5.41, 5.74) is 10.5. The Morgan fingerprint density at radius 2 is 0.955 bits per heavy atom. The summed E-state index contributed by atoms with van der Waals surface area (Å²) in [7, 11) is 0. The lowest BCUT2D eigenvalue weighted by atomic mass is 9.63. The summed E-state index contributed by atoms with van der Waals surface area (Å²) < 4.78 is 38.1. The first-order valence-electron chi connectivity index (χ1n) is 34.5. The topological polar surface area (TPSA) is 101 Å². The molecule has 1 aromatic heterocycles. The van der Waals surface area contributed by atoms with Gasteiger partial charge in [-0.15, -0.1) is 0 Å². The van der Waals surface area contributed by atoms with E-state index in [0.717, 1.165) is 94.2 Å². The SMILES string of the molecule is CC(C)(C)CCN1CCC2(CC1)C[C@H](NC(=O)C1CCCC1)c1ccccc12.CC(C)(C)CCN1CCC2(CC[C@H](NC(=O)C(F)(F)F)c3ccccc32)CC1.CCN(C(=O)Cc1ccncc1)[C@H]1CCC2(CCN(CCC(C)(C)C)CC2)c2ccccc21.[HH].[HH]. The van der Waals surface area contributed by atoms with Gasteiger partial charge in [0.15, 0.2) is 0 Å². The van der Waals surface area contributed by atoms with Crippen LogP contribution in [0.3, 0.4) is 0 Å². The van der Waals surface area contributed by atoms with E-state index in [1.54, 1.807) is 12.4 Å². The minimum Gasteiger partial charge on any atom is -0.349 e. The molecule has 4 aromatic rings. The Morgan fingerprint density at radius 1 is 0.539 bits per heavy atom. The molecule has 2 N–H and O–H groups in total. The van der Waals surface area contributed by atoms with Crippen molar-refractivity contribution in [3.63, 3.8) is 0 Å². The highest BCUT2D eigenvalue weighted by Gasteiger charge is 2.48. The van der Waals surface area contributed by atoms with Gasteiger partial charge < -0.3 is 30.2 Å². The molecule has 4 fully saturated rings. The number of pyridine rings is 1. The molecule has 11 rings (SSSR count). The van der Waals surface area contributed by atoms with Gasteiger partial charge in [0, 0.05) is 33.1 Å². The molecular weight excluding hydrogens is 1120 g/mol. The fraction of sp³-hybridized carbons (Fsp3) is 0.658. The Kier molecular flexibility index (Phi) is 22.1. The number of nitrogens with zero attached hydrogens (tertiary/aromatic N) is 5. The normalized spacial score (nSPS) is 22.6. The van der Waals surface area contributed by atoms with Gasteiger partial charge in [0.1, 0.15) is 0 Å². The summed E-state index contributed by atoms with van der Waals surface area (Å²) in [6.45, 7) is 33.9. The Morgan fingerprint density at radius 3 is 1.42 bits per heavy atom. The third kappa shape index (κ3) is 17.5. The lowest BCUT2D eigenvalue weighted by Gasteiger charge is -2.49. The summed E-state index contributed by atoms with van der Waals surface area (Å²) in [4.78, 5) is 51.6. The number of carbonyl (C=O) groups is 3. The third-order valence-electron chi connectivity index (χ3n) is 21.8. The number of benzene rings is 3. The number of hydrogen-bond donors (Lipinski definition) is 2. The monoisotopic (exact) mass is 1230 g/mol. The maximum absolute atomic E-state index is 13.3. The second kappa shape index (κ2) is 28.8. The Hall–Kier alpha value is -5.11. The van der Waals surface area contributed by atoms with Crippen LogP contribution in [0.1, 0.15) is 245 Å². The smallest absolute Gasteiger partial charge is 0.349 e. The number of likely N-dealkylation sites (N-methyl/N-ethyl adjacent to an activating group) is 1. The van der Waals surface area contributed by atoms with E-state index in [2.05, 4.69) is 153 Å². The van der Waals surface area contributed by atoms with E-state index in [9.17, 15) is 27.6 Å². The molecule has 0 unspecified atom stereocenters. The van der Waals surface area contributed by atoms with Crippen molar-refractivity contribution in [2.75, 3.05) is 65.4 Å². The first-order chi connectivity index (χ1) is 42.2. The van der Waals surface area contributed by atoms with Crippen molar-refractivity contribution in [1.82, 2.24) is 35.2 Å². The molecule has 492 valence electrons. The zero-order valence-corrected chi connectivity index (χ0v) is 56.1. The van der Waals surface area contributed by atoms with Crippen LogP contribution in [0.25, 0.3) is 0 Å². The van der Waals surface area contributed by atoms with Crippen LogP contribution >= 0.6 is 0 Å². The number of hydrogen-bond acceptors (Lipinski definition) is 7. The van der Waals surface area contributed by atoms with Crippen LogP contribution < -0.4 is 10.6 Å². The predicted molar refractivity (Wildman–Crippen MR) is 359 cm³/mol. The molecule has 3 amide bonds. The molecule has 0 bridgehead atoms. The van der Waals surface area contributed by atoms with Gasteiger partial charge in [-0.05, 0) is 247 Å². The standard InChI is InChI=1S/C29H41N3O.C25H38N2O.C22H31F3N2O.2H2/c1-5-32(27(33)22-23-11-17-30-18-12-23)26-10-13-29(25-9-7-6-8-24(25)26)15-20-31(21-16-29)19-14-28(2,3)4;1-24(2,3)12-15-27-16-13-25(14-17-27)18-22(20-10-6-7-11-21(20)25)26-23(28)19-8-4-5-9-19;1-20(2,3)10-13-27-14-11-21(12-15-27)9-8-18(26-19(28)22(23,24)25)16-6-4-5-7-17(16)21;;/h6-9,11-12,17-18,26H,5,10,13-16,19-22H2,1-4H3;6-7,10-11,19,22H,4-5,8-9,12-18H2,1-3H3,(H,26,28);4-7,18H,8-15H2,1-3H3,(H,26,28);2*1H/t26-;22-;18-;;/m000../s1. The van der Waals surface area contributed by atoms with Gasteiger partial charge in [0.05, 0.1) is 24.5 Å². The molecule has 3 aliphatic heterocycles. The minimum absolute atomic E-state index is 0. The van der Waals surface area contributed by atoms with E-state index in [1.807, 2.05) is 36.4 Å². The van der Waals surface area contributed by atoms with Crippen molar-refractivity contribution in [2.24, 2.45) is 22.2 Å². The van der Waals surface area contributed by atoms with Crippen LogP contribution in [-0.2, 0) is 37.0 Å². The van der Waals surface area contributed by atoms with E-state index in [1.165, 1.54) is 119 Å². The molecule has 3 atom stereocenters. The molecule has 89 heavy (non-hydrogen) atoms. The van der Waals surface area contributed by atoms with Crippen LogP contribution in [0.2, 0.25) is 0 Å². The number of carbonyl (C=O) groups excluding carboxylic acids is 3. The lowest BCUT2D eigenvalue weighted by Crippen LogP contribution is -2.47. The molecule has 4 heterocycles. The molecular formula is C76H114F3N7O3. The molecule has 3 spiro atoms. The Labute approximate surface area is 536 Å². The number of likely N-dealkylation sites (tertiary alicyclic amines) is 3. The van der Waals surface area contributed by atoms with Crippen LogP contribution in [0.5, 0.6) is 0 Å². The highest BCUT2D eigenvalue weighted by Crippen LogP contribution is 2.53. The summed E-state index contributed by atoms with van der Waals surface area (Å²) in [6, 6.07) is 29.4. The summed E-state index contributed by atoms with van der Waals surface area (Å²) in [5.74, 6) is -1.07. The van der Waals surface area contributed by atoms with Crippen LogP contribution in [-0.4, -0.2) is 114 Å². The average Bonchev–Trinajstić information content (AvgIpc) is 1.65. The van der Waals surface area contributed by atoms with Crippen LogP contribution in [0.4, 0.5) is 13.2 Å². The van der Waals surface area contributed by atoms with Crippen LogP contribution in [0, 0.1) is 22.2 Å². The summed E-state index contributed by atoms with van der Waals surface area (Å²) >= 11 is 0. The van der Waals surface area contributed by atoms with Crippen molar-refractivity contribution >= 4 is 17.7 Å². The third-order valence-corrected chi connectivity index (χ3v) is 21.8. The van der Waals surface area contributed by atoms with Crippen molar-refractivity contribution in [3.05, 3.63) is 136 Å². The van der Waals surface area contributed by atoms with E-state index < -0.39 is 18.1 Å². The van der Waals surface area contributed by atoms with E-state index >= 15 is 0 Å². The lowest BCUT2D eigenvalue weighted by molar-refractivity contribution is -0.174. The first kappa shape index (κ1) is 68.3. The van der Waals surface area contributed by atoms with Gasteiger partial charge >= 0.3 is 12.1 Å². The first-order valence-corrected chi connectivity index (χ1v) is 34.5. The minimum atomic E-state index is -4.84. The molecule has 1 saturated carbocycles. The molecule has 4 aliphatic carbocycles. The number of halogens is 3. The number of amides is 3. The molecule has 7 aliphatic rings. The Balaban J connectivity index is 0.000000193. The zero-order chi connectivity index (χ0) is 63.8. The van der Waals surface area contributed by atoms with Gasteiger partial charge in [-0.25, -0.2) is 0 Å². The van der Waals surface area contributed by atoms with Crippen molar-refractivity contribution < 1.29 is 30.4 Å². The molecule has 13 heteroatoms. The highest BCUT2D eigenvalue weighted by atomic mass is 19.4. The summed E-state index contributed by atoms with van der Waals surface area (Å²) in [6.07, 6.45) is 19.1. The summed E-state index contributed by atoms with van der Waals surface area (Å²) in [5, 5.41) is 5.66. The van der Waals surface area contributed by atoms with Crippen molar-refractivity contribution in [1.29, 1.82) is 0 Å². The number of piperidine rings is 3. The molecule has 3 saturated heterocycles. The maximum Gasteiger partial charge on any atom is 0.471 e. The van der Waals surface area contributed by atoms with Gasteiger partial charge in [-0.3, -0.25) is 19.4 Å². The highest BCUT2D eigenvalue weighted by molar-refractivity contribution is 5.82. The predicted octanol–water partition coefficient (Wildman–Crippen LogP) is 16.4. The fourth-order valence-corrected chi connectivity index (χ4v) is 16.1. The molecule has 3 aromatic carbocycles. The number of aromatic nitrogens is 1. The number of rotatable bonds is 13. The number of alkyl halides is 3. The van der Waals surface area contributed by atoms with Gasteiger partial charge in [-0.1, -0.05) is 148 Å². The van der Waals surface area contributed by atoms with Crippen molar-refractivity contribution in [3.8, 4) is 0 Å². The van der Waals surface area contributed by atoms with Gasteiger partial charge in [-0.2, -0.15) is 13.2 Å². The average molecular weight is 1230 g/mol. The van der Waals surface area contributed by atoms with Crippen molar-refractivity contribution in [2.45, 2.75) is 232 Å². The van der Waals surface area contributed by atoms with Gasteiger partial charge in [0.2, 0.25) is 11.8 Å². The second-order valence-electron chi connectivity index (χ2n) is 31.6. The Bertz CT molecular complexity index is 2960. The second-order valence-corrected chi connectivity index (χ2v) is 31.6. The zero-order valence-electron chi connectivity index (χ0n) is 56.1. The number of nitrogens with one attached hydrogen (secondary N) is 2. The molecule has 0 radical (unpaired) electrons. The van der Waals surface area contributed by atoms with E-state index in [4.69, 9.17) is 0 Å². The fourth-order valence-electron chi connectivity index (χ4n) is 16.1. The maximum atomic E-state index is 13.3. The number of fused-ring (bicyclic) bond motifs is 6. The largest absolute Gasteiger partial charge is 0.471 e. The molecule has 10 nitrogen and oxygen atoms in total. The van der Waals surface area contributed by atoms with Crippen LogP contribution in [0.15, 0.2) is 97.3 Å². The quantitative estimate of drug-likeness (QED) is 0.138. The van der Waals surface area contributed by atoms with Gasteiger partial charge in [0.25, 0.3) is 0 Å². The van der Waals surface area contributed by atoms with E-state index in [-0.39, 0.29) is 43.0 Å². The van der Waals surface area contributed by atoms with E-state index in [0.29, 0.717) is 35.0 Å².